The van der Waals surface area contributed by atoms with Crippen LogP contribution in [0.2, 0.25) is 5.02 Å². The predicted molar refractivity (Wildman–Crippen MR) is 71.3 cm³/mol. The molecule has 22 heavy (non-hydrogen) atoms. The van der Waals surface area contributed by atoms with Crippen LogP contribution < -0.4 is 4.74 Å². The number of ether oxygens (including phenoxy) is 1. The van der Waals surface area contributed by atoms with Gasteiger partial charge >= 0.3 is 11.9 Å². The molecule has 2 rings (SSSR count). The lowest BCUT2D eigenvalue weighted by Gasteiger charge is -2.11. The average Bonchev–Trinajstić information content (AvgIpc) is 2.39. The van der Waals surface area contributed by atoms with E-state index in [0.29, 0.717) is 6.07 Å². The number of phenolic OH excluding ortho intramolecular Hbond substituents is 1. The van der Waals surface area contributed by atoms with E-state index in [1.54, 1.807) is 0 Å². The van der Waals surface area contributed by atoms with E-state index in [2.05, 4.69) is 0 Å². The van der Waals surface area contributed by atoms with Gasteiger partial charge in [-0.2, -0.15) is 13.2 Å². The number of hydrogen-bond acceptors (Lipinski definition) is 4. The zero-order valence-corrected chi connectivity index (χ0v) is 11.4. The van der Waals surface area contributed by atoms with Crippen molar-refractivity contribution in [2.24, 2.45) is 0 Å². The molecule has 0 atom stereocenters. The number of phenols is 1. The van der Waals surface area contributed by atoms with E-state index in [4.69, 9.17) is 16.3 Å². The summed E-state index contributed by atoms with van der Waals surface area (Å²) in [7, 11) is 0. The fraction of sp³-hybridized carbons (Fsp3) is 0.0769. The van der Waals surface area contributed by atoms with Gasteiger partial charge in [-0.1, -0.05) is 11.6 Å². The van der Waals surface area contributed by atoms with Crippen LogP contribution >= 0.6 is 11.6 Å². The molecule has 116 valence electrons. The first-order valence-electron chi connectivity index (χ1n) is 5.70. The van der Waals surface area contributed by atoms with Gasteiger partial charge in [0.2, 0.25) is 0 Å². The van der Waals surface area contributed by atoms with Crippen LogP contribution in [0.5, 0.6) is 17.2 Å². The molecule has 0 saturated heterocycles. The molecule has 0 fully saturated rings. The second kappa shape index (κ2) is 5.72. The molecule has 0 aliphatic carbocycles. The Morgan fingerprint density at radius 2 is 1.86 bits per heavy atom. The first-order chi connectivity index (χ1) is 10.2. The third-order valence-electron chi connectivity index (χ3n) is 2.63. The van der Waals surface area contributed by atoms with Gasteiger partial charge in [-0.05, 0) is 24.3 Å². The van der Waals surface area contributed by atoms with Gasteiger partial charge in [-0.25, -0.2) is 0 Å². The lowest BCUT2D eigenvalue weighted by atomic mass is 10.2. The van der Waals surface area contributed by atoms with Crippen molar-refractivity contribution >= 4 is 17.3 Å². The quantitative estimate of drug-likeness (QED) is 0.649. The Labute approximate surface area is 126 Å². The minimum atomic E-state index is -4.53. The van der Waals surface area contributed by atoms with E-state index in [1.807, 2.05) is 0 Å². The molecular formula is C13H7ClF3NO4. The number of alkyl halides is 3. The Kier molecular flexibility index (Phi) is 4.14. The maximum absolute atomic E-state index is 12.5. The van der Waals surface area contributed by atoms with Gasteiger partial charge in [0.1, 0.15) is 11.5 Å². The van der Waals surface area contributed by atoms with Crippen molar-refractivity contribution in [1.82, 2.24) is 0 Å². The molecule has 0 unspecified atom stereocenters. The molecule has 0 radical (unpaired) electrons. The highest BCUT2D eigenvalue weighted by Gasteiger charge is 2.31. The van der Waals surface area contributed by atoms with E-state index in [1.165, 1.54) is 6.07 Å². The number of aromatic hydroxyl groups is 1. The zero-order valence-electron chi connectivity index (χ0n) is 10.6. The Bertz CT molecular complexity index is 734. The molecule has 0 bridgehead atoms. The number of hydrogen-bond donors (Lipinski definition) is 1. The SMILES string of the molecule is O=[N+]([O-])c1ccc(Oc2ccc(C(F)(F)F)cc2Cl)cc1O. The van der Waals surface area contributed by atoms with Crippen LogP contribution in [0.3, 0.4) is 0 Å². The summed E-state index contributed by atoms with van der Waals surface area (Å²) >= 11 is 5.71. The molecular weight excluding hydrogens is 327 g/mol. The van der Waals surface area contributed by atoms with Crippen molar-refractivity contribution < 1.29 is 27.9 Å². The first kappa shape index (κ1) is 15.9. The largest absolute Gasteiger partial charge is 0.502 e. The highest BCUT2D eigenvalue weighted by molar-refractivity contribution is 6.32. The van der Waals surface area contributed by atoms with Gasteiger partial charge in [0.25, 0.3) is 0 Å². The number of nitrogens with zero attached hydrogens (tertiary/aromatic N) is 1. The fourth-order valence-corrected chi connectivity index (χ4v) is 1.83. The Hall–Kier alpha value is -2.48. The smallest absolute Gasteiger partial charge is 0.416 e. The summed E-state index contributed by atoms with van der Waals surface area (Å²) in [4.78, 5) is 9.77. The van der Waals surface area contributed by atoms with Crippen LogP contribution in [0.1, 0.15) is 5.56 Å². The number of halogens is 4. The Balaban J connectivity index is 2.28. The van der Waals surface area contributed by atoms with Gasteiger partial charge in [-0.3, -0.25) is 10.1 Å². The zero-order chi connectivity index (χ0) is 16.5. The second-order valence-corrected chi connectivity index (χ2v) is 4.56. The lowest BCUT2D eigenvalue weighted by Crippen LogP contribution is -2.04. The van der Waals surface area contributed by atoms with Gasteiger partial charge in [0.15, 0.2) is 5.75 Å². The van der Waals surface area contributed by atoms with Crippen LogP contribution in [0.15, 0.2) is 36.4 Å². The molecule has 0 aliphatic rings. The van der Waals surface area contributed by atoms with E-state index in [-0.39, 0.29) is 16.5 Å². The Morgan fingerprint density at radius 1 is 1.18 bits per heavy atom. The van der Waals surface area contributed by atoms with Crippen LogP contribution in [-0.4, -0.2) is 10.0 Å². The summed E-state index contributed by atoms with van der Waals surface area (Å²) in [6.07, 6.45) is -4.53. The summed E-state index contributed by atoms with van der Waals surface area (Å²) in [6, 6.07) is 5.65. The highest BCUT2D eigenvalue weighted by Crippen LogP contribution is 2.38. The molecule has 0 spiro atoms. The van der Waals surface area contributed by atoms with Crippen molar-refractivity contribution in [3.05, 3.63) is 57.1 Å². The summed E-state index contributed by atoms with van der Waals surface area (Å²) in [5.74, 6) is -0.724. The van der Waals surface area contributed by atoms with Crippen molar-refractivity contribution in [1.29, 1.82) is 0 Å². The molecule has 0 heterocycles. The third-order valence-corrected chi connectivity index (χ3v) is 2.93. The predicted octanol–water partition coefficient (Wildman–Crippen LogP) is 4.76. The van der Waals surface area contributed by atoms with Crippen LogP contribution in [0.4, 0.5) is 18.9 Å². The average molecular weight is 334 g/mol. The number of benzene rings is 2. The summed E-state index contributed by atoms with van der Waals surface area (Å²) in [5, 5.41) is 19.7. The molecule has 1 N–H and O–H groups in total. The second-order valence-electron chi connectivity index (χ2n) is 4.15. The molecule has 0 saturated carbocycles. The Morgan fingerprint density at radius 3 is 2.36 bits per heavy atom. The highest BCUT2D eigenvalue weighted by atomic mass is 35.5. The topological polar surface area (TPSA) is 72.6 Å². The molecule has 2 aromatic carbocycles. The number of rotatable bonds is 3. The molecule has 0 amide bonds. The van der Waals surface area contributed by atoms with E-state index < -0.39 is 28.1 Å². The molecule has 0 aromatic heterocycles. The third kappa shape index (κ3) is 3.40. The molecule has 5 nitrogen and oxygen atoms in total. The van der Waals surface area contributed by atoms with E-state index in [9.17, 15) is 28.4 Å². The summed E-state index contributed by atoms with van der Waals surface area (Å²) in [6.45, 7) is 0. The fourth-order valence-electron chi connectivity index (χ4n) is 1.61. The van der Waals surface area contributed by atoms with E-state index in [0.717, 1.165) is 24.3 Å². The van der Waals surface area contributed by atoms with E-state index >= 15 is 0 Å². The van der Waals surface area contributed by atoms with Gasteiger partial charge in [-0.15, -0.1) is 0 Å². The first-order valence-corrected chi connectivity index (χ1v) is 6.08. The summed E-state index contributed by atoms with van der Waals surface area (Å²) in [5.41, 5.74) is -1.46. The van der Waals surface area contributed by atoms with Crippen molar-refractivity contribution in [2.75, 3.05) is 0 Å². The number of nitro groups is 1. The maximum atomic E-state index is 12.5. The minimum Gasteiger partial charge on any atom is -0.502 e. The van der Waals surface area contributed by atoms with Gasteiger partial charge < -0.3 is 9.84 Å². The monoisotopic (exact) mass is 333 g/mol. The van der Waals surface area contributed by atoms with Gasteiger partial charge in [0.05, 0.1) is 15.5 Å². The van der Waals surface area contributed by atoms with Crippen molar-refractivity contribution in [2.45, 2.75) is 6.18 Å². The van der Waals surface area contributed by atoms with Crippen LogP contribution in [-0.2, 0) is 6.18 Å². The van der Waals surface area contributed by atoms with Crippen molar-refractivity contribution in [3.63, 3.8) is 0 Å². The number of nitro benzene ring substituents is 1. The van der Waals surface area contributed by atoms with Crippen LogP contribution in [0.25, 0.3) is 0 Å². The standard InChI is InChI=1S/C13H7ClF3NO4/c14-9-5-7(13(15,16)17)1-4-12(9)22-8-2-3-10(18(20)21)11(19)6-8/h1-6,19H. The minimum absolute atomic E-state index is 0.00948. The molecule has 0 aliphatic heterocycles. The molecule has 9 heteroatoms. The van der Waals surface area contributed by atoms with Crippen molar-refractivity contribution in [3.8, 4) is 17.2 Å². The lowest BCUT2D eigenvalue weighted by molar-refractivity contribution is -0.385. The van der Waals surface area contributed by atoms with Gasteiger partial charge in [0, 0.05) is 12.1 Å². The normalized spacial score (nSPS) is 11.3. The maximum Gasteiger partial charge on any atom is 0.416 e. The molecule has 2 aromatic rings. The summed E-state index contributed by atoms with van der Waals surface area (Å²) < 4.78 is 42.7. The van der Waals surface area contributed by atoms with Crippen LogP contribution in [0, 0.1) is 10.1 Å².